The van der Waals surface area contributed by atoms with Crippen molar-refractivity contribution >= 4 is 44.4 Å². The molecule has 120 valence electrons. The van der Waals surface area contributed by atoms with E-state index >= 15 is 0 Å². The Kier molecular flexibility index (Phi) is 3.90. The van der Waals surface area contributed by atoms with Crippen LogP contribution in [-0.2, 0) is 12.8 Å². The summed E-state index contributed by atoms with van der Waals surface area (Å²) in [5.41, 5.74) is 1.97. The molecule has 0 bridgehead atoms. The molecule has 4 rings (SSSR count). The van der Waals surface area contributed by atoms with Gasteiger partial charge in [-0.2, -0.15) is 0 Å². The van der Waals surface area contributed by atoms with Crippen molar-refractivity contribution in [3.05, 3.63) is 68.9 Å². The predicted octanol–water partition coefficient (Wildman–Crippen LogP) is 3.64. The van der Waals surface area contributed by atoms with Crippen molar-refractivity contribution in [2.24, 2.45) is 7.05 Å². The van der Waals surface area contributed by atoms with Crippen LogP contribution in [-0.4, -0.2) is 19.2 Å². The fourth-order valence-corrected chi connectivity index (χ4v) is 3.79. The molecular formula is C17H13BrN4OS. The smallest absolute Gasteiger partial charge is 0.262 e. The molecule has 0 atom stereocenters. The lowest BCUT2D eigenvalue weighted by Crippen LogP contribution is -2.20. The minimum atomic E-state index is -0.0602. The fourth-order valence-electron chi connectivity index (χ4n) is 2.63. The number of nitrogens with zero attached hydrogens (tertiary/aromatic N) is 4. The van der Waals surface area contributed by atoms with Crippen LogP contribution in [0.25, 0.3) is 16.7 Å². The van der Waals surface area contributed by atoms with Crippen molar-refractivity contribution in [3.8, 4) is 0 Å². The minimum Gasteiger partial charge on any atom is -0.279 e. The van der Waals surface area contributed by atoms with Crippen LogP contribution in [0.1, 0.15) is 5.56 Å². The maximum atomic E-state index is 12.4. The molecule has 0 radical (unpaired) electrons. The van der Waals surface area contributed by atoms with E-state index in [0.717, 1.165) is 20.9 Å². The highest BCUT2D eigenvalue weighted by Crippen LogP contribution is 2.25. The molecule has 0 saturated heterocycles. The maximum absolute atomic E-state index is 12.4. The maximum Gasteiger partial charge on any atom is 0.262 e. The first-order valence-electron chi connectivity index (χ1n) is 7.35. The molecule has 24 heavy (non-hydrogen) atoms. The number of benzene rings is 2. The summed E-state index contributed by atoms with van der Waals surface area (Å²) in [6.45, 7) is 0. The second kappa shape index (κ2) is 6.07. The van der Waals surface area contributed by atoms with Gasteiger partial charge in [-0.1, -0.05) is 52.0 Å². The third-order valence-corrected chi connectivity index (χ3v) is 5.41. The number of aromatic nitrogens is 4. The molecule has 0 fully saturated rings. The molecule has 2 aromatic carbocycles. The van der Waals surface area contributed by atoms with Gasteiger partial charge < -0.3 is 0 Å². The number of hydrogen-bond acceptors (Lipinski definition) is 4. The molecule has 0 saturated carbocycles. The van der Waals surface area contributed by atoms with E-state index in [9.17, 15) is 4.79 Å². The summed E-state index contributed by atoms with van der Waals surface area (Å²) in [4.78, 5) is 12.4. The Morgan fingerprint density at radius 2 is 1.83 bits per heavy atom. The molecule has 0 amide bonds. The molecule has 0 aliphatic carbocycles. The van der Waals surface area contributed by atoms with Crippen LogP contribution in [0.4, 0.5) is 0 Å². The highest BCUT2D eigenvalue weighted by Gasteiger charge is 2.14. The van der Waals surface area contributed by atoms with E-state index in [1.165, 1.54) is 5.56 Å². The van der Waals surface area contributed by atoms with E-state index in [1.807, 2.05) is 40.8 Å². The number of thioether (sulfide) groups is 1. The third kappa shape index (κ3) is 2.53. The summed E-state index contributed by atoms with van der Waals surface area (Å²) >= 11 is 5.05. The summed E-state index contributed by atoms with van der Waals surface area (Å²) in [5.74, 6) is 1.34. The third-order valence-electron chi connectivity index (χ3n) is 3.88. The van der Waals surface area contributed by atoms with Gasteiger partial charge in [0.2, 0.25) is 5.78 Å². The van der Waals surface area contributed by atoms with Crippen LogP contribution in [0.15, 0.2) is 63.0 Å². The molecule has 0 aliphatic heterocycles. The van der Waals surface area contributed by atoms with Crippen molar-refractivity contribution in [1.29, 1.82) is 0 Å². The Morgan fingerprint density at radius 1 is 1.08 bits per heavy atom. The zero-order valence-electron chi connectivity index (χ0n) is 12.8. The van der Waals surface area contributed by atoms with E-state index in [4.69, 9.17) is 0 Å². The highest BCUT2D eigenvalue weighted by molar-refractivity contribution is 9.10. The lowest BCUT2D eigenvalue weighted by atomic mass is 10.2. The van der Waals surface area contributed by atoms with Gasteiger partial charge in [0.25, 0.3) is 5.56 Å². The molecule has 5 nitrogen and oxygen atoms in total. The minimum absolute atomic E-state index is 0.0602. The molecular weight excluding hydrogens is 388 g/mol. The molecule has 7 heteroatoms. The number of aryl methyl sites for hydroxylation is 1. The number of fused-ring (bicyclic) bond motifs is 3. The molecule has 0 N–H and O–H groups in total. The lowest BCUT2D eigenvalue weighted by molar-refractivity contribution is 0.853. The number of para-hydroxylation sites is 1. The van der Waals surface area contributed by atoms with Crippen LogP contribution in [0, 0.1) is 0 Å². The van der Waals surface area contributed by atoms with Gasteiger partial charge in [-0.15, -0.1) is 10.2 Å². The quantitative estimate of drug-likeness (QED) is 0.492. The van der Waals surface area contributed by atoms with Crippen LogP contribution < -0.4 is 5.56 Å². The summed E-state index contributed by atoms with van der Waals surface area (Å²) < 4.78 is 4.55. The van der Waals surface area contributed by atoms with Gasteiger partial charge in [-0.3, -0.25) is 13.8 Å². The SMILES string of the molecule is Cn1c(=O)c2ccccc2n2c(SCc3ccc(Br)cc3)nnc12. The molecule has 2 aromatic heterocycles. The molecule has 0 spiro atoms. The summed E-state index contributed by atoms with van der Waals surface area (Å²) in [6.07, 6.45) is 0. The van der Waals surface area contributed by atoms with Gasteiger partial charge in [0.05, 0.1) is 10.9 Å². The van der Waals surface area contributed by atoms with E-state index in [0.29, 0.717) is 11.2 Å². The van der Waals surface area contributed by atoms with Gasteiger partial charge in [0.1, 0.15) is 0 Å². The summed E-state index contributed by atoms with van der Waals surface area (Å²) in [6, 6.07) is 15.8. The second-order valence-corrected chi connectivity index (χ2v) is 7.27. The largest absolute Gasteiger partial charge is 0.279 e. The van der Waals surface area contributed by atoms with Gasteiger partial charge in [0, 0.05) is 17.3 Å². The molecule has 4 aromatic rings. The second-order valence-electron chi connectivity index (χ2n) is 5.41. The van der Waals surface area contributed by atoms with Crippen molar-refractivity contribution in [1.82, 2.24) is 19.2 Å². The highest BCUT2D eigenvalue weighted by atomic mass is 79.9. The van der Waals surface area contributed by atoms with E-state index in [2.05, 4.69) is 38.3 Å². The number of halogens is 1. The Labute approximate surface area is 150 Å². The summed E-state index contributed by atoms with van der Waals surface area (Å²) in [7, 11) is 1.72. The first-order chi connectivity index (χ1) is 11.6. The van der Waals surface area contributed by atoms with Crippen LogP contribution in [0.3, 0.4) is 0 Å². The Bertz CT molecular complexity index is 1100. The average molecular weight is 401 g/mol. The van der Waals surface area contributed by atoms with Gasteiger partial charge >= 0.3 is 0 Å². The van der Waals surface area contributed by atoms with Crippen molar-refractivity contribution in [2.75, 3.05) is 0 Å². The van der Waals surface area contributed by atoms with Crippen LogP contribution in [0.5, 0.6) is 0 Å². The number of hydrogen-bond donors (Lipinski definition) is 0. The van der Waals surface area contributed by atoms with Crippen molar-refractivity contribution < 1.29 is 0 Å². The van der Waals surface area contributed by atoms with Crippen molar-refractivity contribution in [2.45, 2.75) is 10.9 Å². The first-order valence-corrected chi connectivity index (χ1v) is 9.13. The Hall–Kier alpha value is -2.12. The summed E-state index contributed by atoms with van der Waals surface area (Å²) in [5, 5.41) is 9.93. The number of rotatable bonds is 3. The Morgan fingerprint density at radius 3 is 2.62 bits per heavy atom. The van der Waals surface area contributed by atoms with E-state index in [-0.39, 0.29) is 5.56 Å². The zero-order chi connectivity index (χ0) is 16.7. The molecule has 0 unspecified atom stereocenters. The van der Waals surface area contributed by atoms with Crippen LogP contribution in [0.2, 0.25) is 0 Å². The average Bonchev–Trinajstić information content (AvgIpc) is 3.03. The standard InChI is InChI=1S/C17H13BrN4OS/c1-21-15(23)13-4-2-3-5-14(13)22-16(21)19-20-17(22)24-10-11-6-8-12(18)9-7-11/h2-9H,10H2,1H3. The normalized spacial score (nSPS) is 11.4. The fraction of sp³-hybridized carbons (Fsp3) is 0.118. The van der Waals surface area contributed by atoms with Gasteiger partial charge in [-0.25, -0.2) is 0 Å². The predicted molar refractivity (Wildman–Crippen MR) is 99.4 cm³/mol. The molecule has 0 aliphatic rings. The zero-order valence-corrected chi connectivity index (χ0v) is 15.2. The Balaban J connectivity index is 1.82. The van der Waals surface area contributed by atoms with Gasteiger partial charge in [0.15, 0.2) is 5.16 Å². The van der Waals surface area contributed by atoms with E-state index < -0.39 is 0 Å². The monoisotopic (exact) mass is 400 g/mol. The lowest BCUT2D eigenvalue weighted by Gasteiger charge is -2.07. The van der Waals surface area contributed by atoms with Crippen molar-refractivity contribution in [3.63, 3.8) is 0 Å². The topological polar surface area (TPSA) is 52.2 Å². The van der Waals surface area contributed by atoms with E-state index in [1.54, 1.807) is 23.4 Å². The van der Waals surface area contributed by atoms with Gasteiger partial charge in [-0.05, 0) is 29.8 Å². The molecule has 2 heterocycles. The van der Waals surface area contributed by atoms with Crippen LogP contribution >= 0.6 is 27.7 Å². The first kappa shape index (κ1) is 15.4.